The highest BCUT2D eigenvalue weighted by Crippen LogP contribution is 2.26. The molecule has 2 aromatic rings. The summed E-state index contributed by atoms with van der Waals surface area (Å²) in [6.45, 7) is 0.868. The lowest BCUT2D eigenvalue weighted by atomic mass is 10.1. The van der Waals surface area contributed by atoms with Crippen molar-refractivity contribution < 1.29 is 9.59 Å². The maximum Gasteiger partial charge on any atom is 0.227 e. The lowest BCUT2D eigenvalue weighted by Crippen LogP contribution is -2.32. The van der Waals surface area contributed by atoms with E-state index < -0.39 is 0 Å². The monoisotopic (exact) mass is 373 g/mol. The molecule has 0 spiro atoms. The van der Waals surface area contributed by atoms with E-state index in [-0.39, 0.29) is 24.2 Å². The number of amides is 2. The maximum atomic E-state index is 12.3. The molecule has 0 bridgehead atoms. The van der Waals surface area contributed by atoms with Crippen molar-refractivity contribution in [3.63, 3.8) is 0 Å². The number of nitrogens with one attached hydrogen (secondary N) is 1. The van der Waals surface area contributed by atoms with Crippen LogP contribution in [0.1, 0.15) is 12.0 Å². The van der Waals surface area contributed by atoms with Crippen LogP contribution >= 0.6 is 15.9 Å². The summed E-state index contributed by atoms with van der Waals surface area (Å²) in [5, 5.41) is 2.89. The quantitative estimate of drug-likeness (QED) is 0.895. The number of benzene rings is 1. The summed E-state index contributed by atoms with van der Waals surface area (Å²) >= 11 is 3.37. The largest absolute Gasteiger partial charge is 0.352 e. The Hall–Kier alpha value is -2.21. The lowest BCUT2D eigenvalue weighted by Gasteiger charge is -2.16. The normalized spacial score (nSPS) is 17.3. The fourth-order valence-electron chi connectivity index (χ4n) is 2.59. The predicted octanol–water partition coefficient (Wildman–Crippen LogP) is 2.51. The van der Waals surface area contributed by atoms with Crippen molar-refractivity contribution in [2.24, 2.45) is 5.92 Å². The molecular formula is C17H16BrN3O2. The molecule has 5 nitrogen and oxygen atoms in total. The number of rotatable bonds is 4. The predicted molar refractivity (Wildman–Crippen MR) is 90.7 cm³/mol. The lowest BCUT2D eigenvalue weighted by molar-refractivity contribution is -0.126. The molecular weight excluding hydrogens is 358 g/mol. The van der Waals surface area contributed by atoms with Crippen LogP contribution in [-0.4, -0.2) is 23.3 Å². The van der Waals surface area contributed by atoms with E-state index in [1.54, 1.807) is 17.3 Å². The Labute approximate surface area is 142 Å². The summed E-state index contributed by atoms with van der Waals surface area (Å²) in [6.07, 6.45) is 3.63. The van der Waals surface area contributed by atoms with Gasteiger partial charge in [0.15, 0.2) is 0 Å². The second-order valence-electron chi connectivity index (χ2n) is 5.46. The third kappa shape index (κ3) is 3.76. The van der Waals surface area contributed by atoms with E-state index in [1.165, 1.54) is 0 Å². The molecule has 1 aliphatic rings. The van der Waals surface area contributed by atoms with Crippen LogP contribution in [0.25, 0.3) is 0 Å². The van der Waals surface area contributed by atoms with Crippen LogP contribution in [0.15, 0.2) is 53.3 Å². The number of aromatic nitrogens is 1. The standard InChI is InChI=1S/C17H16BrN3O2/c18-14-1-3-15(4-2-14)21-11-13(9-16(21)22)17(23)20-10-12-5-7-19-8-6-12/h1-8,13H,9-11H2,(H,20,23)/t13-/m1/s1. The van der Waals surface area contributed by atoms with Crippen LogP contribution in [0.3, 0.4) is 0 Å². The highest BCUT2D eigenvalue weighted by atomic mass is 79.9. The molecule has 0 aliphatic carbocycles. The number of hydrogen-bond donors (Lipinski definition) is 1. The number of carbonyl (C=O) groups excluding carboxylic acids is 2. The Bertz CT molecular complexity index is 704. The molecule has 0 radical (unpaired) electrons. The molecule has 3 rings (SSSR count). The third-order valence-corrected chi connectivity index (χ3v) is 4.38. The molecule has 118 valence electrons. The first-order valence-electron chi connectivity index (χ1n) is 7.36. The zero-order valence-electron chi connectivity index (χ0n) is 12.4. The van der Waals surface area contributed by atoms with Crippen LogP contribution in [0.4, 0.5) is 5.69 Å². The smallest absolute Gasteiger partial charge is 0.227 e. The van der Waals surface area contributed by atoms with Gasteiger partial charge in [0.2, 0.25) is 11.8 Å². The van der Waals surface area contributed by atoms with Gasteiger partial charge in [-0.2, -0.15) is 0 Å². The van der Waals surface area contributed by atoms with E-state index >= 15 is 0 Å². The molecule has 1 aromatic heterocycles. The van der Waals surface area contributed by atoms with Crippen molar-refractivity contribution in [2.75, 3.05) is 11.4 Å². The Kier molecular flexibility index (Phi) is 4.71. The molecule has 1 atom stereocenters. The van der Waals surface area contributed by atoms with Crippen LogP contribution in [0.2, 0.25) is 0 Å². The van der Waals surface area contributed by atoms with Crippen LogP contribution in [0, 0.1) is 5.92 Å². The minimum absolute atomic E-state index is 0.0172. The number of hydrogen-bond acceptors (Lipinski definition) is 3. The summed E-state index contributed by atoms with van der Waals surface area (Å²) in [4.78, 5) is 30.1. The minimum atomic E-state index is -0.312. The summed E-state index contributed by atoms with van der Waals surface area (Å²) < 4.78 is 0.958. The number of halogens is 1. The molecule has 2 amide bonds. The molecule has 1 saturated heterocycles. The summed E-state index contributed by atoms with van der Waals surface area (Å²) in [7, 11) is 0. The van der Waals surface area contributed by atoms with E-state index in [0.717, 1.165) is 15.7 Å². The first-order chi connectivity index (χ1) is 11.1. The molecule has 1 fully saturated rings. The molecule has 0 saturated carbocycles. The van der Waals surface area contributed by atoms with Crippen LogP contribution in [-0.2, 0) is 16.1 Å². The van der Waals surface area contributed by atoms with Crippen molar-refractivity contribution in [3.05, 3.63) is 58.8 Å². The average molecular weight is 374 g/mol. The zero-order chi connectivity index (χ0) is 16.2. The first kappa shape index (κ1) is 15.7. The Morgan fingerprint density at radius 2 is 1.91 bits per heavy atom. The number of nitrogens with zero attached hydrogens (tertiary/aromatic N) is 2. The summed E-state index contributed by atoms with van der Waals surface area (Å²) in [6, 6.07) is 11.2. The van der Waals surface area contributed by atoms with Crippen molar-refractivity contribution in [1.29, 1.82) is 0 Å². The first-order valence-corrected chi connectivity index (χ1v) is 8.15. The zero-order valence-corrected chi connectivity index (χ0v) is 14.0. The van der Waals surface area contributed by atoms with E-state index in [9.17, 15) is 9.59 Å². The fraction of sp³-hybridized carbons (Fsp3) is 0.235. The number of anilines is 1. The van der Waals surface area contributed by atoms with Gasteiger partial charge in [0, 0.05) is 42.1 Å². The van der Waals surface area contributed by atoms with Gasteiger partial charge in [0.1, 0.15) is 0 Å². The fourth-order valence-corrected chi connectivity index (χ4v) is 2.85. The molecule has 1 aliphatic heterocycles. The van der Waals surface area contributed by atoms with Crippen molar-refractivity contribution in [1.82, 2.24) is 10.3 Å². The molecule has 23 heavy (non-hydrogen) atoms. The van der Waals surface area contributed by atoms with Crippen LogP contribution < -0.4 is 10.2 Å². The van der Waals surface area contributed by atoms with Gasteiger partial charge in [-0.05, 0) is 42.0 Å². The highest BCUT2D eigenvalue weighted by molar-refractivity contribution is 9.10. The van der Waals surface area contributed by atoms with Crippen molar-refractivity contribution in [2.45, 2.75) is 13.0 Å². The highest BCUT2D eigenvalue weighted by Gasteiger charge is 2.34. The number of carbonyl (C=O) groups is 2. The van der Waals surface area contributed by atoms with Crippen LogP contribution in [0.5, 0.6) is 0 Å². The van der Waals surface area contributed by atoms with Gasteiger partial charge in [0.25, 0.3) is 0 Å². The van der Waals surface area contributed by atoms with Crippen molar-refractivity contribution >= 4 is 33.4 Å². The van der Waals surface area contributed by atoms with Gasteiger partial charge in [-0.3, -0.25) is 14.6 Å². The van der Waals surface area contributed by atoms with Gasteiger partial charge < -0.3 is 10.2 Å². The Morgan fingerprint density at radius 3 is 2.61 bits per heavy atom. The van der Waals surface area contributed by atoms with E-state index in [2.05, 4.69) is 26.2 Å². The second kappa shape index (κ2) is 6.91. The Morgan fingerprint density at radius 1 is 1.22 bits per heavy atom. The van der Waals surface area contributed by atoms with E-state index in [4.69, 9.17) is 0 Å². The summed E-state index contributed by atoms with van der Waals surface area (Å²) in [5.41, 5.74) is 1.81. The molecule has 1 N–H and O–H groups in total. The van der Waals surface area contributed by atoms with Gasteiger partial charge in [-0.15, -0.1) is 0 Å². The van der Waals surface area contributed by atoms with Gasteiger partial charge in [-0.1, -0.05) is 15.9 Å². The van der Waals surface area contributed by atoms with E-state index in [0.29, 0.717) is 13.1 Å². The molecule has 2 heterocycles. The van der Waals surface area contributed by atoms with Gasteiger partial charge >= 0.3 is 0 Å². The van der Waals surface area contributed by atoms with E-state index in [1.807, 2.05) is 36.4 Å². The topological polar surface area (TPSA) is 62.3 Å². The SMILES string of the molecule is O=C(NCc1ccncc1)[C@@H]1CC(=O)N(c2ccc(Br)cc2)C1. The maximum absolute atomic E-state index is 12.3. The van der Waals surface area contributed by atoms with Gasteiger partial charge in [-0.25, -0.2) is 0 Å². The molecule has 6 heteroatoms. The third-order valence-electron chi connectivity index (χ3n) is 3.85. The number of pyridine rings is 1. The van der Waals surface area contributed by atoms with Gasteiger partial charge in [0.05, 0.1) is 5.92 Å². The Balaban J connectivity index is 1.60. The molecule has 0 unspecified atom stereocenters. The summed E-state index contributed by atoms with van der Waals surface area (Å²) in [5.74, 6) is -0.417. The second-order valence-corrected chi connectivity index (χ2v) is 6.37. The molecule has 1 aromatic carbocycles. The minimum Gasteiger partial charge on any atom is -0.352 e. The average Bonchev–Trinajstić information content (AvgIpc) is 2.96. The van der Waals surface area contributed by atoms with Crippen molar-refractivity contribution in [3.8, 4) is 0 Å².